The summed E-state index contributed by atoms with van der Waals surface area (Å²) in [4.78, 5) is 12.5. The Hall–Kier alpha value is -2.29. The molecule has 0 saturated carbocycles. The average molecular weight is 425 g/mol. The SMILES string of the molecule is COc1ccc(S(=O)(=O)Nc2ccccc2C(=O)NC[C@H]2CCCO2)cc1Cl. The molecule has 0 radical (unpaired) electrons. The number of carbonyl (C=O) groups is 1. The number of carbonyl (C=O) groups excluding carboxylic acids is 1. The van der Waals surface area contributed by atoms with E-state index in [1.807, 2.05) is 0 Å². The van der Waals surface area contributed by atoms with Crippen LogP contribution in [0.2, 0.25) is 5.02 Å². The van der Waals surface area contributed by atoms with E-state index >= 15 is 0 Å². The number of halogens is 1. The van der Waals surface area contributed by atoms with Crippen molar-refractivity contribution in [3.63, 3.8) is 0 Å². The van der Waals surface area contributed by atoms with Crippen molar-refractivity contribution in [3.8, 4) is 5.75 Å². The molecule has 0 unspecified atom stereocenters. The molecule has 1 aliphatic heterocycles. The van der Waals surface area contributed by atoms with Gasteiger partial charge in [0.05, 0.1) is 34.4 Å². The number of rotatable bonds is 7. The molecule has 7 nitrogen and oxygen atoms in total. The van der Waals surface area contributed by atoms with Gasteiger partial charge in [0.2, 0.25) is 0 Å². The van der Waals surface area contributed by atoms with Crippen molar-refractivity contribution in [2.24, 2.45) is 0 Å². The number of para-hydroxylation sites is 1. The van der Waals surface area contributed by atoms with Crippen molar-refractivity contribution in [3.05, 3.63) is 53.1 Å². The zero-order valence-corrected chi connectivity index (χ0v) is 16.8. The predicted molar refractivity (Wildman–Crippen MR) is 107 cm³/mol. The van der Waals surface area contributed by atoms with Crippen molar-refractivity contribution in [2.45, 2.75) is 23.8 Å². The van der Waals surface area contributed by atoms with Crippen LogP contribution < -0.4 is 14.8 Å². The highest BCUT2D eigenvalue weighted by atomic mass is 35.5. The Kier molecular flexibility index (Phi) is 6.43. The summed E-state index contributed by atoms with van der Waals surface area (Å²) in [6.45, 7) is 1.08. The third-order valence-electron chi connectivity index (χ3n) is 4.36. The lowest BCUT2D eigenvalue weighted by Crippen LogP contribution is -2.32. The molecule has 9 heteroatoms. The fourth-order valence-corrected chi connectivity index (χ4v) is 4.32. The van der Waals surface area contributed by atoms with Crippen molar-refractivity contribution < 1.29 is 22.7 Å². The first-order valence-corrected chi connectivity index (χ1v) is 10.6. The Balaban J connectivity index is 1.78. The maximum atomic E-state index is 12.7. The summed E-state index contributed by atoms with van der Waals surface area (Å²) in [6, 6.07) is 10.6. The molecule has 0 aliphatic carbocycles. The number of ether oxygens (including phenoxy) is 2. The molecule has 28 heavy (non-hydrogen) atoms. The Morgan fingerprint density at radius 3 is 2.75 bits per heavy atom. The van der Waals surface area contributed by atoms with E-state index in [2.05, 4.69) is 10.0 Å². The molecular weight excluding hydrogens is 404 g/mol. The molecule has 3 rings (SSSR count). The van der Waals surface area contributed by atoms with Crippen LogP contribution in [0.3, 0.4) is 0 Å². The number of amides is 1. The van der Waals surface area contributed by atoms with Gasteiger partial charge in [0, 0.05) is 13.2 Å². The highest BCUT2D eigenvalue weighted by Gasteiger charge is 2.21. The van der Waals surface area contributed by atoms with Crippen molar-refractivity contribution in [1.29, 1.82) is 0 Å². The second kappa shape index (κ2) is 8.81. The van der Waals surface area contributed by atoms with Gasteiger partial charge in [-0.3, -0.25) is 9.52 Å². The summed E-state index contributed by atoms with van der Waals surface area (Å²) in [7, 11) is -2.50. The van der Waals surface area contributed by atoms with Crippen LogP contribution in [0, 0.1) is 0 Å². The number of hydrogen-bond donors (Lipinski definition) is 2. The fourth-order valence-electron chi connectivity index (χ4n) is 2.90. The van der Waals surface area contributed by atoms with Gasteiger partial charge in [-0.1, -0.05) is 23.7 Å². The highest BCUT2D eigenvalue weighted by molar-refractivity contribution is 7.92. The topological polar surface area (TPSA) is 93.7 Å². The Bertz CT molecular complexity index is 959. The first-order chi connectivity index (χ1) is 13.4. The fraction of sp³-hybridized carbons (Fsp3) is 0.316. The van der Waals surface area contributed by atoms with E-state index in [1.54, 1.807) is 18.2 Å². The Morgan fingerprint density at radius 2 is 2.07 bits per heavy atom. The highest BCUT2D eigenvalue weighted by Crippen LogP contribution is 2.28. The third-order valence-corrected chi connectivity index (χ3v) is 6.02. The van der Waals surface area contributed by atoms with Crippen molar-refractivity contribution in [1.82, 2.24) is 5.32 Å². The average Bonchev–Trinajstić information content (AvgIpc) is 3.20. The zero-order chi connectivity index (χ0) is 20.1. The standard InChI is InChI=1S/C19H21ClN2O5S/c1-26-18-9-8-14(11-16(18)20)28(24,25)22-17-7-3-2-6-15(17)19(23)21-12-13-5-4-10-27-13/h2-3,6-9,11,13,22H,4-5,10,12H2,1H3,(H,21,23)/t13-/m1/s1. The van der Waals surface area contributed by atoms with E-state index in [0.717, 1.165) is 12.8 Å². The normalized spacial score (nSPS) is 16.6. The smallest absolute Gasteiger partial charge is 0.261 e. The van der Waals surface area contributed by atoms with E-state index in [0.29, 0.717) is 18.9 Å². The van der Waals surface area contributed by atoms with Crippen molar-refractivity contribution >= 4 is 33.2 Å². The lowest BCUT2D eigenvalue weighted by atomic mass is 10.1. The van der Waals surface area contributed by atoms with Crippen molar-refractivity contribution in [2.75, 3.05) is 25.0 Å². The van der Waals surface area contributed by atoms with Crippen LogP contribution in [0.5, 0.6) is 5.75 Å². The van der Waals surface area contributed by atoms with Crippen LogP contribution in [-0.4, -0.2) is 40.7 Å². The zero-order valence-electron chi connectivity index (χ0n) is 15.3. The number of nitrogens with one attached hydrogen (secondary N) is 2. The van der Waals surface area contributed by atoms with Gasteiger partial charge in [0.25, 0.3) is 15.9 Å². The lowest BCUT2D eigenvalue weighted by molar-refractivity contribution is 0.0858. The minimum Gasteiger partial charge on any atom is -0.495 e. The maximum absolute atomic E-state index is 12.7. The first kappa shape index (κ1) is 20.4. The molecule has 0 aromatic heterocycles. The van der Waals surface area contributed by atoms with Crippen LogP contribution in [0.25, 0.3) is 0 Å². The molecule has 1 heterocycles. The number of hydrogen-bond acceptors (Lipinski definition) is 5. The van der Waals surface area contributed by atoms with Gasteiger partial charge >= 0.3 is 0 Å². The summed E-state index contributed by atoms with van der Waals surface area (Å²) >= 11 is 6.03. The molecule has 1 aliphatic rings. The monoisotopic (exact) mass is 424 g/mol. The first-order valence-electron chi connectivity index (χ1n) is 8.76. The van der Waals surface area contributed by atoms with E-state index in [1.165, 1.54) is 31.4 Å². The van der Waals surface area contributed by atoms with Crippen LogP contribution in [0.15, 0.2) is 47.4 Å². The van der Waals surface area contributed by atoms with Crippen LogP contribution in [-0.2, 0) is 14.8 Å². The molecule has 1 amide bonds. The van der Waals surface area contributed by atoms with E-state index in [9.17, 15) is 13.2 Å². The second-order valence-corrected chi connectivity index (χ2v) is 8.38. The summed E-state index contributed by atoms with van der Waals surface area (Å²) in [6.07, 6.45) is 1.86. The van der Waals surface area contributed by atoms with Gasteiger partial charge in [-0.2, -0.15) is 0 Å². The molecule has 2 aromatic carbocycles. The Morgan fingerprint density at radius 1 is 1.29 bits per heavy atom. The minimum absolute atomic E-state index is 0.00533. The summed E-state index contributed by atoms with van der Waals surface area (Å²) in [5.74, 6) is -0.00362. The number of methoxy groups -OCH3 is 1. The third kappa shape index (κ3) is 4.76. The lowest BCUT2D eigenvalue weighted by Gasteiger charge is -2.15. The molecule has 0 spiro atoms. The quantitative estimate of drug-likeness (QED) is 0.712. The maximum Gasteiger partial charge on any atom is 0.261 e. The van der Waals surface area contributed by atoms with Crippen LogP contribution in [0.1, 0.15) is 23.2 Å². The van der Waals surface area contributed by atoms with Gasteiger partial charge in [0.15, 0.2) is 0 Å². The molecule has 1 saturated heterocycles. The second-order valence-electron chi connectivity index (χ2n) is 6.29. The van der Waals surface area contributed by atoms with Gasteiger partial charge < -0.3 is 14.8 Å². The van der Waals surface area contributed by atoms with Crippen LogP contribution >= 0.6 is 11.6 Å². The minimum atomic E-state index is -3.94. The largest absolute Gasteiger partial charge is 0.495 e. The predicted octanol–water partition coefficient (Wildman–Crippen LogP) is 3.06. The molecular formula is C19H21ClN2O5S. The van der Waals surface area contributed by atoms with Gasteiger partial charge in [0.1, 0.15) is 5.75 Å². The van der Waals surface area contributed by atoms with Crippen LogP contribution in [0.4, 0.5) is 5.69 Å². The van der Waals surface area contributed by atoms with E-state index in [-0.39, 0.29) is 33.2 Å². The summed E-state index contributed by atoms with van der Waals surface area (Å²) in [5, 5.41) is 2.97. The van der Waals surface area contributed by atoms with E-state index < -0.39 is 10.0 Å². The number of benzene rings is 2. The molecule has 150 valence electrons. The van der Waals surface area contributed by atoms with Gasteiger partial charge in [-0.05, 0) is 43.2 Å². The molecule has 2 N–H and O–H groups in total. The van der Waals surface area contributed by atoms with Gasteiger partial charge in [-0.25, -0.2) is 8.42 Å². The van der Waals surface area contributed by atoms with Gasteiger partial charge in [-0.15, -0.1) is 0 Å². The van der Waals surface area contributed by atoms with E-state index in [4.69, 9.17) is 21.1 Å². The Labute approximate surface area is 169 Å². The summed E-state index contributed by atoms with van der Waals surface area (Å²) in [5.41, 5.74) is 0.406. The summed E-state index contributed by atoms with van der Waals surface area (Å²) < 4.78 is 38.5. The number of anilines is 1. The molecule has 1 atom stereocenters. The molecule has 0 bridgehead atoms. The molecule has 1 fully saturated rings. The molecule has 2 aromatic rings. The number of sulfonamides is 1.